The first-order valence-corrected chi connectivity index (χ1v) is 7.14. The van der Waals surface area contributed by atoms with E-state index in [-0.39, 0.29) is 0 Å². The molecule has 7 heteroatoms. The molecule has 0 N–H and O–H groups in total. The molecule has 0 saturated carbocycles. The Balaban J connectivity index is 1.93. The molecule has 0 fully saturated rings. The Labute approximate surface area is 132 Å². The fraction of sp³-hybridized carbons (Fsp3) is 0.125. The lowest BCUT2D eigenvalue weighted by Crippen LogP contribution is -1.99. The van der Waals surface area contributed by atoms with Crippen LogP contribution in [0.1, 0.15) is 5.76 Å². The van der Waals surface area contributed by atoms with E-state index >= 15 is 0 Å². The highest BCUT2D eigenvalue weighted by molar-refractivity contribution is 5.62. The molecule has 0 aliphatic rings. The zero-order valence-corrected chi connectivity index (χ0v) is 12.7. The summed E-state index contributed by atoms with van der Waals surface area (Å²) in [5, 5.41) is 8.84. The summed E-state index contributed by atoms with van der Waals surface area (Å²) in [6, 6.07) is 9.83. The molecule has 4 aromatic rings. The Morgan fingerprint density at radius 2 is 1.96 bits per heavy atom. The first-order chi connectivity index (χ1) is 11.2. The fourth-order valence-corrected chi connectivity index (χ4v) is 2.39. The molecule has 1 aromatic carbocycles. The maximum Gasteiger partial charge on any atom is 0.185 e. The summed E-state index contributed by atoms with van der Waals surface area (Å²) in [4.78, 5) is 8.93. The summed E-state index contributed by atoms with van der Waals surface area (Å²) < 4.78 is 8.77. The van der Waals surface area contributed by atoms with E-state index in [2.05, 4.69) is 20.2 Å². The Kier molecular flexibility index (Phi) is 3.04. The van der Waals surface area contributed by atoms with E-state index in [1.54, 1.807) is 15.6 Å². The minimum atomic E-state index is 0.628. The van der Waals surface area contributed by atoms with Crippen LogP contribution in [0.3, 0.4) is 0 Å². The van der Waals surface area contributed by atoms with Gasteiger partial charge in [-0.05, 0) is 6.92 Å². The number of hydrogen-bond donors (Lipinski definition) is 0. The predicted octanol–water partition coefficient (Wildman–Crippen LogP) is 2.63. The molecule has 0 radical (unpaired) electrons. The highest BCUT2D eigenvalue weighted by Gasteiger charge is 2.19. The van der Waals surface area contributed by atoms with E-state index in [1.165, 1.54) is 6.39 Å². The molecule has 0 aliphatic carbocycles. The number of aromatic nitrogens is 6. The lowest BCUT2D eigenvalue weighted by molar-refractivity contribution is 0.527. The van der Waals surface area contributed by atoms with Crippen LogP contribution < -0.4 is 0 Å². The topological polar surface area (TPSA) is 74.6 Å². The molecule has 114 valence electrons. The van der Waals surface area contributed by atoms with Gasteiger partial charge in [-0.15, -0.1) is 5.10 Å². The van der Waals surface area contributed by atoms with Crippen molar-refractivity contribution in [3.8, 4) is 28.6 Å². The van der Waals surface area contributed by atoms with Gasteiger partial charge in [0.2, 0.25) is 0 Å². The summed E-state index contributed by atoms with van der Waals surface area (Å²) >= 11 is 0. The van der Waals surface area contributed by atoms with Gasteiger partial charge in [0, 0.05) is 12.6 Å². The van der Waals surface area contributed by atoms with Gasteiger partial charge < -0.3 is 4.42 Å². The number of hydrogen-bond acceptors (Lipinski definition) is 5. The van der Waals surface area contributed by atoms with Crippen LogP contribution >= 0.6 is 0 Å². The van der Waals surface area contributed by atoms with Crippen molar-refractivity contribution in [2.24, 2.45) is 7.05 Å². The minimum absolute atomic E-state index is 0.628. The average molecular weight is 306 g/mol. The van der Waals surface area contributed by atoms with E-state index < -0.39 is 0 Å². The molecule has 0 spiro atoms. The van der Waals surface area contributed by atoms with Crippen LogP contribution in [-0.4, -0.2) is 29.5 Å². The Bertz CT molecular complexity index is 950. The van der Waals surface area contributed by atoms with Gasteiger partial charge in [-0.3, -0.25) is 4.68 Å². The van der Waals surface area contributed by atoms with Crippen molar-refractivity contribution >= 4 is 0 Å². The summed E-state index contributed by atoms with van der Waals surface area (Å²) in [6.45, 7) is 1.85. The van der Waals surface area contributed by atoms with Gasteiger partial charge in [0.25, 0.3) is 0 Å². The smallest absolute Gasteiger partial charge is 0.185 e. The number of nitrogens with zero attached hydrogens (tertiary/aromatic N) is 6. The van der Waals surface area contributed by atoms with Gasteiger partial charge in [-0.25, -0.2) is 14.6 Å². The molecule has 7 nitrogen and oxygen atoms in total. The molecule has 0 bridgehead atoms. The second-order valence-electron chi connectivity index (χ2n) is 5.17. The van der Waals surface area contributed by atoms with Crippen molar-refractivity contribution < 1.29 is 4.42 Å². The first kappa shape index (κ1) is 13.4. The van der Waals surface area contributed by atoms with Crippen LogP contribution in [0.2, 0.25) is 0 Å². The van der Waals surface area contributed by atoms with Gasteiger partial charge in [-0.1, -0.05) is 30.3 Å². The summed E-state index contributed by atoms with van der Waals surface area (Å²) in [5.74, 6) is 1.96. The predicted molar refractivity (Wildman–Crippen MR) is 83.8 cm³/mol. The molecule has 3 heterocycles. The van der Waals surface area contributed by atoms with Crippen molar-refractivity contribution in [3.05, 3.63) is 54.9 Å². The van der Waals surface area contributed by atoms with Gasteiger partial charge in [0.15, 0.2) is 18.0 Å². The third-order valence-electron chi connectivity index (χ3n) is 3.53. The molecule has 0 unspecified atom stereocenters. The lowest BCUT2D eigenvalue weighted by Gasteiger charge is -2.00. The van der Waals surface area contributed by atoms with Crippen LogP contribution in [0, 0.1) is 6.92 Å². The standard InChI is InChI=1S/C16H14N6O/c1-11-14(17-10-23-11)16-19-15(12-6-4-3-5-7-12)20-22(16)13-8-18-21(2)9-13/h3-10H,1-2H3. The van der Waals surface area contributed by atoms with Gasteiger partial charge >= 0.3 is 0 Å². The van der Waals surface area contributed by atoms with E-state index in [0.717, 1.165) is 11.3 Å². The van der Waals surface area contributed by atoms with Crippen molar-refractivity contribution in [3.63, 3.8) is 0 Å². The number of benzene rings is 1. The minimum Gasteiger partial charge on any atom is -0.448 e. The van der Waals surface area contributed by atoms with Crippen LogP contribution in [0.5, 0.6) is 0 Å². The van der Waals surface area contributed by atoms with Crippen molar-refractivity contribution in [2.45, 2.75) is 6.92 Å². The van der Waals surface area contributed by atoms with Crippen molar-refractivity contribution in [1.82, 2.24) is 29.5 Å². The van der Waals surface area contributed by atoms with Crippen LogP contribution in [0.4, 0.5) is 0 Å². The zero-order valence-electron chi connectivity index (χ0n) is 12.7. The molecule has 0 aliphatic heterocycles. The number of oxazole rings is 1. The molecule has 4 rings (SSSR count). The van der Waals surface area contributed by atoms with E-state index in [1.807, 2.05) is 50.5 Å². The second kappa shape index (κ2) is 5.20. The van der Waals surface area contributed by atoms with Gasteiger partial charge in [0.1, 0.15) is 17.1 Å². The van der Waals surface area contributed by atoms with Gasteiger partial charge in [-0.2, -0.15) is 5.10 Å². The first-order valence-electron chi connectivity index (χ1n) is 7.14. The third-order valence-corrected chi connectivity index (χ3v) is 3.53. The monoisotopic (exact) mass is 306 g/mol. The quantitative estimate of drug-likeness (QED) is 0.581. The number of aryl methyl sites for hydroxylation is 2. The van der Waals surface area contributed by atoms with Crippen LogP contribution in [-0.2, 0) is 7.05 Å². The Hall–Kier alpha value is -3.22. The molecule has 3 aromatic heterocycles. The lowest BCUT2D eigenvalue weighted by atomic mass is 10.2. The summed E-state index contributed by atoms with van der Waals surface area (Å²) in [5.41, 5.74) is 2.43. The summed E-state index contributed by atoms with van der Waals surface area (Å²) in [6.07, 6.45) is 5.03. The fourth-order valence-electron chi connectivity index (χ4n) is 2.39. The van der Waals surface area contributed by atoms with Crippen LogP contribution in [0.25, 0.3) is 28.6 Å². The highest BCUT2D eigenvalue weighted by atomic mass is 16.3. The second-order valence-corrected chi connectivity index (χ2v) is 5.17. The Morgan fingerprint density at radius 1 is 1.13 bits per heavy atom. The summed E-state index contributed by atoms with van der Waals surface area (Å²) in [7, 11) is 1.86. The maximum atomic E-state index is 5.32. The van der Waals surface area contributed by atoms with E-state index in [0.29, 0.717) is 23.1 Å². The molecule has 0 saturated heterocycles. The number of rotatable bonds is 3. The Morgan fingerprint density at radius 3 is 2.61 bits per heavy atom. The van der Waals surface area contributed by atoms with E-state index in [9.17, 15) is 0 Å². The third kappa shape index (κ3) is 2.32. The SMILES string of the molecule is Cc1ocnc1-c1nc(-c2ccccc2)nn1-c1cnn(C)c1. The van der Waals surface area contributed by atoms with Crippen molar-refractivity contribution in [2.75, 3.05) is 0 Å². The van der Waals surface area contributed by atoms with Gasteiger partial charge in [0.05, 0.1) is 12.4 Å². The maximum absolute atomic E-state index is 5.32. The highest BCUT2D eigenvalue weighted by Crippen LogP contribution is 2.26. The molecule has 0 amide bonds. The molecule has 23 heavy (non-hydrogen) atoms. The molecular weight excluding hydrogens is 292 g/mol. The normalized spacial score (nSPS) is 11.0. The molecular formula is C16H14N6O. The molecule has 0 atom stereocenters. The van der Waals surface area contributed by atoms with Crippen molar-refractivity contribution in [1.29, 1.82) is 0 Å². The van der Waals surface area contributed by atoms with E-state index in [4.69, 9.17) is 4.42 Å². The largest absolute Gasteiger partial charge is 0.448 e. The average Bonchev–Trinajstić information content (AvgIpc) is 3.27. The van der Waals surface area contributed by atoms with Crippen LogP contribution in [0.15, 0.2) is 53.5 Å². The zero-order chi connectivity index (χ0) is 15.8.